The van der Waals surface area contributed by atoms with Crippen molar-refractivity contribution in [3.8, 4) is 12.3 Å². The lowest BCUT2D eigenvalue weighted by atomic mass is 10.3. The van der Waals surface area contributed by atoms with Crippen LogP contribution in [0.3, 0.4) is 0 Å². The minimum atomic E-state index is 0.647. The molecule has 0 heterocycles. The summed E-state index contributed by atoms with van der Waals surface area (Å²) in [5, 5.41) is 0. The van der Waals surface area contributed by atoms with Crippen molar-refractivity contribution in [3.63, 3.8) is 0 Å². The van der Waals surface area contributed by atoms with Crippen LogP contribution in [0.1, 0.15) is 19.8 Å². The van der Waals surface area contributed by atoms with E-state index in [9.17, 15) is 0 Å². The Morgan fingerprint density at radius 1 is 1.71 bits per heavy atom. The van der Waals surface area contributed by atoms with Crippen LogP contribution in [0, 0.1) is 18.4 Å². The third kappa shape index (κ3) is 5.30. The summed E-state index contributed by atoms with van der Waals surface area (Å²) in [6.45, 7) is 2.06. The van der Waals surface area contributed by atoms with E-state index in [0.717, 1.165) is 6.42 Å². The van der Waals surface area contributed by atoms with Gasteiger partial charge in [0.15, 0.2) is 0 Å². The molecule has 0 bridgehead atoms. The zero-order valence-electron chi connectivity index (χ0n) is 4.57. The first-order valence-electron chi connectivity index (χ1n) is 2.40. The Morgan fingerprint density at radius 3 is 2.86 bits per heavy atom. The Kier molecular flexibility index (Phi) is 4.77. The second kappa shape index (κ2) is 5.30. The third-order valence-electron chi connectivity index (χ3n) is 0.553. The molecule has 0 aromatic carbocycles. The third-order valence-corrected chi connectivity index (χ3v) is 0.553. The molecular weight excluding hydrogens is 84.1 g/mol. The summed E-state index contributed by atoms with van der Waals surface area (Å²) in [6.07, 6.45) is 11.5. The fraction of sp³-hybridized carbons (Fsp3) is 0.429. The van der Waals surface area contributed by atoms with Crippen LogP contribution in [-0.4, -0.2) is 0 Å². The Morgan fingerprint density at radius 2 is 2.43 bits per heavy atom. The molecule has 0 aromatic rings. The van der Waals surface area contributed by atoms with Crippen LogP contribution in [0.15, 0.2) is 6.08 Å². The van der Waals surface area contributed by atoms with Crippen molar-refractivity contribution in [2.75, 3.05) is 0 Å². The standard InChI is InChI=1S/C7H9/c1-3-5-7-6-4-2/h1,6H,4-5H2,2H3. The van der Waals surface area contributed by atoms with Gasteiger partial charge in [0.2, 0.25) is 0 Å². The van der Waals surface area contributed by atoms with Crippen molar-refractivity contribution < 1.29 is 0 Å². The lowest BCUT2D eigenvalue weighted by molar-refractivity contribution is 1.19. The van der Waals surface area contributed by atoms with E-state index in [2.05, 4.69) is 18.9 Å². The van der Waals surface area contributed by atoms with Gasteiger partial charge >= 0.3 is 0 Å². The molecule has 0 N–H and O–H groups in total. The van der Waals surface area contributed by atoms with Gasteiger partial charge in [0.1, 0.15) is 0 Å². The molecule has 0 heteroatoms. The van der Waals surface area contributed by atoms with Crippen LogP contribution < -0.4 is 0 Å². The molecule has 0 fully saturated rings. The SMILES string of the molecule is C#CC/[C]=C/CC. The quantitative estimate of drug-likeness (QED) is 0.456. The molecule has 0 saturated carbocycles. The molecule has 0 aliphatic rings. The van der Waals surface area contributed by atoms with Crippen LogP contribution in [0.2, 0.25) is 0 Å². The van der Waals surface area contributed by atoms with Gasteiger partial charge in [-0.05, 0) is 12.5 Å². The van der Waals surface area contributed by atoms with Crippen molar-refractivity contribution in [1.29, 1.82) is 0 Å². The lowest BCUT2D eigenvalue weighted by Gasteiger charge is -1.71. The molecule has 1 radical (unpaired) electrons. The van der Waals surface area contributed by atoms with Gasteiger partial charge in [-0.3, -0.25) is 0 Å². The molecule has 37 valence electrons. The fourth-order valence-corrected chi connectivity index (χ4v) is 0.275. The number of hydrogen-bond donors (Lipinski definition) is 0. The van der Waals surface area contributed by atoms with Gasteiger partial charge in [-0.15, -0.1) is 12.3 Å². The lowest BCUT2D eigenvalue weighted by Crippen LogP contribution is -1.56. The van der Waals surface area contributed by atoms with Crippen LogP contribution in [-0.2, 0) is 0 Å². The molecule has 0 aromatic heterocycles. The zero-order valence-corrected chi connectivity index (χ0v) is 4.57. The van der Waals surface area contributed by atoms with E-state index in [1.807, 2.05) is 6.08 Å². The number of terminal acetylenes is 1. The van der Waals surface area contributed by atoms with Crippen LogP contribution in [0.25, 0.3) is 0 Å². The normalized spacial score (nSPS) is 9.14. The summed E-state index contributed by atoms with van der Waals surface area (Å²) in [6, 6.07) is 0. The van der Waals surface area contributed by atoms with E-state index >= 15 is 0 Å². The monoisotopic (exact) mass is 93.1 g/mol. The van der Waals surface area contributed by atoms with Crippen molar-refractivity contribution >= 4 is 0 Å². The molecule has 0 nitrogen and oxygen atoms in total. The van der Waals surface area contributed by atoms with Crippen LogP contribution >= 0.6 is 0 Å². The molecule has 0 atom stereocenters. The predicted molar refractivity (Wildman–Crippen MR) is 31.6 cm³/mol. The van der Waals surface area contributed by atoms with Crippen molar-refractivity contribution in [2.24, 2.45) is 0 Å². The molecule has 0 spiro atoms. The average Bonchev–Trinajstić information content (AvgIpc) is 1.69. The molecule has 0 rings (SSSR count). The van der Waals surface area contributed by atoms with E-state index in [0.29, 0.717) is 6.42 Å². The van der Waals surface area contributed by atoms with E-state index in [1.165, 1.54) is 0 Å². The Hall–Kier alpha value is -0.700. The van der Waals surface area contributed by atoms with E-state index < -0.39 is 0 Å². The second-order valence-electron chi connectivity index (χ2n) is 1.20. The minimum Gasteiger partial charge on any atom is -0.120 e. The predicted octanol–water partition coefficient (Wildman–Crippen LogP) is 1.78. The summed E-state index contributed by atoms with van der Waals surface area (Å²) in [4.78, 5) is 0. The molecule has 0 unspecified atom stereocenters. The highest BCUT2D eigenvalue weighted by Crippen LogP contribution is 1.80. The summed E-state index contributed by atoms with van der Waals surface area (Å²) in [5.41, 5.74) is 0. The highest BCUT2D eigenvalue weighted by molar-refractivity contribution is 4.90. The van der Waals surface area contributed by atoms with Gasteiger partial charge in [-0.1, -0.05) is 13.0 Å². The number of allylic oxidation sites excluding steroid dienone is 2. The molecular formula is C7H9. The number of hydrogen-bond acceptors (Lipinski definition) is 0. The van der Waals surface area contributed by atoms with E-state index in [-0.39, 0.29) is 0 Å². The van der Waals surface area contributed by atoms with Gasteiger partial charge < -0.3 is 0 Å². The van der Waals surface area contributed by atoms with E-state index in [1.54, 1.807) is 0 Å². The molecule has 0 aliphatic carbocycles. The van der Waals surface area contributed by atoms with Gasteiger partial charge in [0, 0.05) is 6.42 Å². The number of rotatable bonds is 2. The average molecular weight is 93.1 g/mol. The molecule has 7 heavy (non-hydrogen) atoms. The fourth-order valence-electron chi connectivity index (χ4n) is 0.275. The van der Waals surface area contributed by atoms with E-state index in [4.69, 9.17) is 6.42 Å². The summed E-state index contributed by atoms with van der Waals surface area (Å²) < 4.78 is 0. The molecule has 0 aliphatic heterocycles. The van der Waals surface area contributed by atoms with Gasteiger partial charge in [-0.2, -0.15) is 0 Å². The Bertz CT molecular complexity index is 82.7. The molecule has 0 saturated heterocycles. The maximum absolute atomic E-state index is 4.94. The Balaban J connectivity index is 2.97. The highest BCUT2D eigenvalue weighted by Gasteiger charge is 1.64. The maximum Gasteiger partial charge on any atom is 0.0337 e. The maximum atomic E-state index is 4.94. The van der Waals surface area contributed by atoms with Crippen molar-refractivity contribution in [3.05, 3.63) is 12.2 Å². The summed E-state index contributed by atoms with van der Waals surface area (Å²) >= 11 is 0. The van der Waals surface area contributed by atoms with Gasteiger partial charge in [0.25, 0.3) is 0 Å². The first kappa shape index (κ1) is 6.30. The van der Waals surface area contributed by atoms with Crippen LogP contribution in [0.5, 0.6) is 0 Å². The van der Waals surface area contributed by atoms with Crippen molar-refractivity contribution in [1.82, 2.24) is 0 Å². The van der Waals surface area contributed by atoms with Crippen molar-refractivity contribution in [2.45, 2.75) is 19.8 Å². The molecule has 0 amide bonds. The zero-order chi connectivity index (χ0) is 5.54. The smallest absolute Gasteiger partial charge is 0.0337 e. The van der Waals surface area contributed by atoms with Crippen LogP contribution in [0.4, 0.5) is 0 Å². The van der Waals surface area contributed by atoms with Gasteiger partial charge in [-0.25, -0.2) is 0 Å². The largest absolute Gasteiger partial charge is 0.120 e. The summed E-state index contributed by atoms with van der Waals surface area (Å²) in [5.74, 6) is 2.46. The second-order valence-corrected chi connectivity index (χ2v) is 1.20. The first-order chi connectivity index (χ1) is 3.41. The van der Waals surface area contributed by atoms with Gasteiger partial charge in [0.05, 0.1) is 0 Å². The summed E-state index contributed by atoms with van der Waals surface area (Å²) in [7, 11) is 0. The minimum absolute atomic E-state index is 0.647. The topological polar surface area (TPSA) is 0 Å². The first-order valence-corrected chi connectivity index (χ1v) is 2.40. The Labute approximate surface area is 45.2 Å². The highest BCUT2D eigenvalue weighted by atomic mass is 13.7.